The van der Waals surface area contributed by atoms with E-state index in [0.717, 1.165) is 3.63 Å². The zero-order valence-corrected chi connectivity index (χ0v) is 26.5. The molecule has 0 bridgehead atoms. The number of hydrogen-bond acceptors (Lipinski definition) is 0. The van der Waals surface area contributed by atoms with E-state index in [9.17, 15) is 0 Å². The molecule has 0 saturated heterocycles. The Morgan fingerprint density at radius 3 is 1.74 bits per heavy atom. The molecule has 0 amide bonds. The van der Waals surface area contributed by atoms with Gasteiger partial charge >= 0.3 is 203 Å². The normalized spacial score (nSPS) is 16.9. The summed E-state index contributed by atoms with van der Waals surface area (Å²) in [6.45, 7) is 24.5. The van der Waals surface area contributed by atoms with Gasteiger partial charge in [-0.25, -0.2) is 0 Å². The second-order valence-electron chi connectivity index (χ2n) is 12.9. The zero-order chi connectivity index (χ0) is 23.5. The van der Waals surface area contributed by atoms with Crippen LogP contribution in [-0.4, -0.2) is 16.1 Å². The van der Waals surface area contributed by atoms with E-state index in [4.69, 9.17) is 0 Å². The fraction of sp³-hybridized carbons (Fsp3) is 0.500. The van der Waals surface area contributed by atoms with Gasteiger partial charge in [-0.15, -0.1) is 0 Å². The molecule has 0 heterocycles. The predicted molar refractivity (Wildman–Crippen MR) is 145 cm³/mol. The molecule has 3 heteroatoms. The van der Waals surface area contributed by atoms with Gasteiger partial charge in [-0.2, -0.15) is 0 Å². The molecule has 0 spiro atoms. The van der Waals surface area contributed by atoms with E-state index < -0.39 is 37.9 Å². The topological polar surface area (TPSA) is 0 Å². The Morgan fingerprint density at radius 2 is 1.32 bits per heavy atom. The molecule has 1 aliphatic carbocycles. The number of hydrogen-bond donors (Lipinski definition) is 0. The number of benzene rings is 2. The Bertz CT molecular complexity index is 992. The van der Waals surface area contributed by atoms with Crippen LogP contribution in [0.2, 0.25) is 48.5 Å². The summed E-state index contributed by atoms with van der Waals surface area (Å²) in [4.78, 5) is 0. The van der Waals surface area contributed by atoms with Crippen molar-refractivity contribution in [3.8, 4) is 11.1 Å². The van der Waals surface area contributed by atoms with Crippen LogP contribution in [0.4, 0.5) is 0 Å². The van der Waals surface area contributed by atoms with Crippen LogP contribution in [0.25, 0.3) is 17.2 Å². The standard InChI is InChI=1S/C26H37Si2.2CH3.Zr/c1-18-13-19-11-12-24(26(2,3)4)25(23(19)14-18)20-15-21(27(5,6)7)17-22(16-20)28(8,9)10;;;/h11-17H,1-10H3;2*1H3;. The quantitative estimate of drug-likeness (QED) is 0.355. The molecular weight excluding hydrogens is 484 g/mol. The third kappa shape index (κ3) is 5.04. The molecule has 0 radical (unpaired) electrons. The van der Waals surface area contributed by atoms with Gasteiger partial charge < -0.3 is 0 Å². The van der Waals surface area contributed by atoms with Gasteiger partial charge in [-0.1, -0.05) is 0 Å². The summed E-state index contributed by atoms with van der Waals surface area (Å²) in [5, 5.41) is 3.22. The molecular formula is C28H43Si2Zr. The van der Waals surface area contributed by atoms with Crippen molar-refractivity contribution in [2.24, 2.45) is 0 Å². The molecule has 0 saturated carbocycles. The first-order valence-electron chi connectivity index (χ1n) is 11.8. The minimum absolute atomic E-state index is 0.124. The first-order chi connectivity index (χ1) is 14.0. The van der Waals surface area contributed by atoms with E-state index in [2.05, 4.69) is 113 Å². The first kappa shape index (κ1) is 25.1. The number of allylic oxidation sites excluding steroid dienone is 1. The van der Waals surface area contributed by atoms with Gasteiger partial charge in [0.05, 0.1) is 0 Å². The van der Waals surface area contributed by atoms with Crippen molar-refractivity contribution in [1.29, 1.82) is 0 Å². The van der Waals surface area contributed by atoms with Gasteiger partial charge in [0.2, 0.25) is 0 Å². The average Bonchev–Trinajstić information content (AvgIpc) is 2.94. The Labute approximate surface area is 202 Å². The Morgan fingerprint density at radius 1 is 0.806 bits per heavy atom. The summed E-state index contributed by atoms with van der Waals surface area (Å²) in [5.74, 6) is 0. The van der Waals surface area contributed by atoms with E-state index >= 15 is 0 Å². The fourth-order valence-electron chi connectivity index (χ4n) is 4.94. The number of rotatable bonds is 4. The number of fused-ring (bicyclic) bond motifs is 1. The average molecular weight is 527 g/mol. The summed E-state index contributed by atoms with van der Waals surface area (Å²) in [6.07, 6.45) is 2.55. The predicted octanol–water partition coefficient (Wildman–Crippen LogP) is 7.91. The Hall–Kier alpha value is -0.503. The molecule has 0 N–H and O–H groups in total. The first-order valence-corrected chi connectivity index (χ1v) is 25.2. The summed E-state index contributed by atoms with van der Waals surface area (Å²) in [5.41, 5.74) is 9.38. The van der Waals surface area contributed by atoms with E-state index in [0.29, 0.717) is 0 Å². The van der Waals surface area contributed by atoms with Crippen LogP contribution in [0.3, 0.4) is 0 Å². The van der Waals surface area contributed by atoms with Crippen molar-refractivity contribution in [2.75, 3.05) is 0 Å². The van der Waals surface area contributed by atoms with Gasteiger partial charge in [0, 0.05) is 0 Å². The second kappa shape index (κ2) is 8.37. The molecule has 167 valence electrons. The minimum atomic E-state index is -1.42. The van der Waals surface area contributed by atoms with Gasteiger partial charge in [0.25, 0.3) is 0 Å². The molecule has 0 fully saturated rings. The molecule has 0 aliphatic heterocycles. The van der Waals surface area contributed by atoms with Gasteiger partial charge in [-0.3, -0.25) is 0 Å². The summed E-state index contributed by atoms with van der Waals surface area (Å²) < 4.78 is 5.86. The summed E-state index contributed by atoms with van der Waals surface area (Å²) in [7, 11) is -2.85. The Balaban J connectivity index is 2.43. The zero-order valence-electron chi connectivity index (χ0n) is 22.0. The van der Waals surface area contributed by atoms with Crippen LogP contribution in [0.15, 0.2) is 35.9 Å². The molecule has 2 aromatic carbocycles. The van der Waals surface area contributed by atoms with Crippen molar-refractivity contribution in [2.45, 2.75) is 85.3 Å². The van der Waals surface area contributed by atoms with E-state index in [-0.39, 0.29) is 5.41 Å². The molecule has 0 nitrogen and oxygen atoms in total. The van der Waals surface area contributed by atoms with E-state index in [1.54, 1.807) is 21.5 Å². The molecule has 31 heavy (non-hydrogen) atoms. The van der Waals surface area contributed by atoms with Crippen molar-refractivity contribution >= 4 is 32.6 Å². The molecule has 0 aromatic heterocycles. The summed E-state index contributed by atoms with van der Waals surface area (Å²) >= 11 is -1.42. The van der Waals surface area contributed by atoms with Crippen LogP contribution in [-0.2, 0) is 27.2 Å². The van der Waals surface area contributed by atoms with E-state index in [1.165, 1.54) is 22.3 Å². The van der Waals surface area contributed by atoms with Crippen LogP contribution in [0.5, 0.6) is 0 Å². The fourth-order valence-corrected chi connectivity index (χ4v) is 12.0. The van der Waals surface area contributed by atoms with Crippen molar-refractivity contribution in [3.05, 3.63) is 52.6 Å². The van der Waals surface area contributed by atoms with Crippen molar-refractivity contribution < 1.29 is 21.8 Å². The van der Waals surface area contributed by atoms with Crippen molar-refractivity contribution in [3.63, 3.8) is 0 Å². The van der Waals surface area contributed by atoms with Gasteiger partial charge in [0.1, 0.15) is 0 Å². The van der Waals surface area contributed by atoms with Gasteiger partial charge in [0.15, 0.2) is 0 Å². The molecule has 1 atom stereocenters. The molecule has 1 aliphatic rings. The van der Waals surface area contributed by atoms with Crippen LogP contribution in [0.1, 0.15) is 48.0 Å². The second-order valence-corrected chi connectivity index (χ2v) is 29.8. The third-order valence-corrected chi connectivity index (χ3v) is 15.5. The maximum atomic E-state index is 2.57. The molecule has 2 aromatic rings. The summed E-state index contributed by atoms with van der Waals surface area (Å²) in [6, 6.07) is 12.6. The molecule has 1 unspecified atom stereocenters. The van der Waals surface area contributed by atoms with Crippen LogP contribution in [0, 0.1) is 0 Å². The van der Waals surface area contributed by atoms with E-state index in [1.807, 2.05) is 0 Å². The monoisotopic (exact) mass is 525 g/mol. The van der Waals surface area contributed by atoms with Crippen LogP contribution >= 0.6 is 0 Å². The SMILES string of the molecule is CC1=Cc2c(ccc(C(C)(C)C)c2-c2cc([Si](C)(C)C)cc([Si](C)(C)C)c2)[CH]1[Zr]([CH3])[CH3]. The van der Waals surface area contributed by atoms with Crippen molar-refractivity contribution in [1.82, 2.24) is 0 Å². The van der Waals surface area contributed by atoms with Gasteiger partial charge in [-0.05, 0) is 0 Å². The van der Waals surface area contributed by atoms with Crippen LogP contribution < -0.4 is 10.4 Å². The third-order valence-electron chi connectivity index (χ3n) is 6.76. The Kier molecular flexibility index (Phi) is 6.78. The maximum absolute atomic E-state index is 2.57. The molecule has 3 rings (SSSR count).